The summed E-state index contributed by atoms with van der Waals surface area (Å²) < 4.78 is 0.289. The highest BCUT2D eigenvalue weighted by atomic mass is 32.2. The van der Waals surface area contributed by atoms with Crippen LogP contribution in [-0.2, 0) is 13.1 Å². The molecule has 0 aliphatic carbocycles. The Morgan fingerprint density at radius 2 is 2.00 bits per heavy atom. The van der Waals surface area contributed by atoms with Crippen LogP contribution in [0.5, 0.6) is 0 Å². The van der Waals surface area contributed by atoms with Gasteiger partial charge in [0.15, 0.2) is 5.96 Å². The first-order valence-corrected chi connectivity index (χ1v) is 9.78. The summed E-state index contributed by atoms with van der Waals surface area (Å²) in [4.78, 5) is 9.56. The van der Waals surface area contributed by atoms with Crippen LogP contribution >= 0.6 is 11.8 Å². The molecule has 1 aliphatic heterocycles. The number of hydrogen-bond donors (Lipinski definition) is 1. The van der Waals surface area contributed by atoms with E-state index in [4.69, 9.17) is 4.99 Å². The van der Waals surface area contributed by atoms with Crippen molar-refractivity contribution in [3.63, 3.8) is 0 Å². The molecular weight excluding hydrogens is 316 g/mol. The fourth-order valence-electron chi connectivity index (χ4n) is 2.99. The Morgan fingerprint density at radius 3 is 2.62 bits per heavy atom. The van der Waals surface area contributed by atoms with Crippen LogP contribution in [0.15, 0.2) is 29.3 Å². The molecule has 1 saturated heterocycles. The van der Waals surface area contributed by atoms with Crippen LogP contribution in [0.3, 0.4) is 0 Å². The molecule has 0 spiro atoms. The number of hydrogen-bond acceptors (Lipinski definition) is 3. The number of rotatable bonds is 5. The summed E-state index contributed by atoms with van der Waals surface area (Å²) >= 11 is 2.05. The van der Waals surface area contributed by atoms with Crippen LogP contribution in [-0.4, -0.2) is 60.0 Å². The lowest BCUT2D eigenvalue weighted by Gasteiger charge is -2.39. The van der Waals surface area contributed by atoms with Gasteiger partial charge in [0.05, 0.1) is 6.54 Å². The van der Waals surface area contributed by atoms with E-state index in [1.54, 1.807) is 0 Å². The maximum absolute atomic E-state index is 4.94. The molecule has 24 heavy (non-hydrogen) atoms. The summed E-state index contributed by atoms with van der Waals surface area (Å²) in [5.41, 5.74) is 2.67. The minimum absolute atomic E-state index is 0.289. The average molecular weight is 349 g/mol. The van der Waals surface area contributed by atoms with E-state index in [1.165, 1.54) is 11.1 Å². The normalized spacial score (nSPS) is 18.1. The van der Waals surface area contributed by atoms with E-state index >= 15 is 0 Å². The van der Waals surface area contributed by atoms with E-state index in [0.29, 0.717) is 0 Å². The minimum atomic E-state index is 0.289. The van der Waals surface area contributed by atoms with E-state index < -0.39 is 0 Å². The lowest BCUT2D eigenvalue weighted by atomic mass is 10.1. The van der Waals surface area contributed by atoms with Gasteiger partial charge in [0.25, 0.3) is 0 Å². The lowest BCUT2D eigenvalue weighted by molar-refractivity contribution is 0.375. The van der Waals surface area contributed by atoms with E-state index in [2.05, 4.69) is 86.0 Å². The number of nitrogens with one attached hydrogen (secondary N) is 1. The van der Waals surface area contributed by atoms with Gasteiger partial charge in [-0.05, 0) is 46.0 Å². The molecule has 0 amide bonds. The molecule has 1 aromatic rings. The highest BCUT2D eigenvalue weighted by Gasteiger charge is 2.28. The summed E-state index contributed by atoms with van der Waals surface area (Å²) in [5.74, 6) is 2.21. The van der Waals surface area contributed by atoms with Crippen LogP contribution in [0, 0.1) is 0 Å². The fourth-order valence-corrected chi connectivity index (χ4v) is 4.10. The van der Waals surface area contributed by atoms with Crippen molar-refractivity contribution >= 4 is 17.7 Å². The molecule has 2 rings (SSSR count). The number of thioether (sulfide) groups is 1. The standard InChI is InChI=1S/C19H32N4S/c1-6-20-18(23-11-12-24-19(2,3)15-23)21-13-16-9-7-8-10-17(16)14-22(4)5/h7-10H,6,11-15H2,1-5H3,(H,20,21). The van der Waals surface area contributed by atoms with Gasteiger partial charge in [-0.1, -0.05) is 24.3 Å². The van der Waals surface area contributed by atoms with Crippen molar-refractivity contribution in [1.29, 1.82) is 0 Å². The first kappa shape index (κ1) is 19.1. The average Bonchev–Trinajstić information content (AvgIpc) is 2.51. The number of nitrogens with zero attached hydrogens (tertiary/aromatic N) is 3. The monoisotopic (exact) mass is 348 g/mol. The third kappa shape index (κ3) is 5.71. The predicted octanol–water partition coefficient (Wildman–Crippen LogP) is 3.04. The van der Waals surface area contributed by atoms with Gasteiger partial charge in [0, 0.05) is 36.7 Å². The Morgan fingerprint density at radius 1 is 1.29 bits per heavy atom. The summed E-state index contributed by atoms with van der Waals surface area (Å²) in [6.45, 7) is 11.5. The molecule has 1 aromatic carbocycles. The molecule has 0 atom stereocenters. The second-order valence-electron chi connectivity index (χ2n) is 7.21. The molecule has 5 heteroatoms. The second-order valence-corrected chi connectivity index (χ2v) is 9.01. The molecule has 0 aromatic heterocycles. The van der Waals surface area contributed by atoms with Crippen LogP contribution in [0.2, 0.25) is 0 Å². The zero-order valence-corrected chi connectivity index (χ0v) is 16.6. The Bertz CT molecular complexity index is 554. The van der Waals surface area contributed by atoms with Crippen molar-refractivity contribution in [2.45, 2.75) is 38.6 Å². The van der Waals surface area contributed by atoms with Crippen molar-refractivity contribution in [3.8, 4) is 0 Å². The molecule has 1 aliphatic rings. The molecular formula is C19H32N4S. The molecule has 1 N–H and O–H groups in total. The zero-order valence-electron chi connectivity index (χ0n) is 15.8. The molecule has 0 bridgehead atoms. The molecule has 0 saturated carbocycles. The highest BCUT2D eigenvalue weighted by molar-refractivity contribution is 8.00. The third-order valence-electron chi connectivity index (χ3n) is 4.06. The first-order chi connectivity index (χ1) is 11.4. The third-order valence-corrected chi connectivity index (χ3v) is 5.36. The van der Waals surface area contributed by atoms with Crippen LogP contribution in [0.1, 0.15) is 31.9 Å². The van der Waals surface area contributed by atoms with Crippen molar-refractivity contribution in [3.05, 3.63) is 35.4 Å². The number of benzene rings is 1. The van der Waals surface area contributed by atoms with Crippen molar-refractivity contribution in [1.82, 2.24) is 15.1 Å². The SMILES string of the molecule is CCNC(=NCc1ccccc1CN(C)C)N1CCSC(C)(C)C1. The van der Waals surface area contributed by atoms with Gasteiger partial charge in [-0.3, -0.25) is 0 Å². The van der Waals surface area contributed by atoms with Gasteiger partial charge >= 0.3 is 0 Å². The van der Waals surface area contributed by atoms with Gasteiger partial charge in [0.1, 0.15) is 0 Å². The Labute approximate surface area is 151 Å². The predicted molar refractivity (Wildman–Crippen MR) is 107 cm³/mol. The van der Waals surface area contributed by atoms with Crippen LogP contribution in [0.4, 0.5) is 0 Å². The molecule has 0 radical (unpaired) electrons. The molecule has 0 unspecified atom stereocenters. The minimum Gasteiger partial charge on any atom is -0.357 e. The molecule has 134 valence electrons. The van der Waals surface area contributed by atoms with Gasteiger partial charge < -0.3 is 15.1 Å². The number of aliphatic imine (C=N–C) groups is 1. The summed E-state index contributed by atoms with van der Waals surface area (Å²) in [6.07, 6.45) is 0. The van der Waals surface area contributed by atoms with Gasteiger partial charge in [-0.15, -0.1) is 0 Å². The van der Waals surface area contributed by atoms with Crippen molar-refractivity contribution in [2.75, 3.05) is 39.5 Å². The van der Waals surface area contributed by atoms with Gasteiger partial charge in [-0.2, -0.15) is 11.8 Å². The fraction of sp³-hybridized carbons (Fsp3) is 0.632. The smallest absolute Gasteiger partial charge is 0.194 e. The zero-order chi connectivity index (χ0) is 17.6. The maximum atomic E-state index is 4.94. The quantitative estimate of drug-likeness (QED) is 0.654. The van der Waals surface area contributed by atoms with E-state index in [1.807, 2.05) is 0 Å². The van der Waals surface area contributed by atoms with Gasteiger partial charge in [-0.25, -0.2) is 4.99 Å². The highest BCUT2D eigenvalue weighted by Crippen LogP contribution is 2.29. The molecule has 1 heterocycles. The maximum Gasteiger partial charge on any atom is 0.194 e. The van der Waals surface area contributed by atoms with Gasteiger partial charge in [0.2, 0.25) is 0 Å². The topological polar surface area (TPSA) is 30.9 Å². The van der Waals surface area contributed by atoms with Crippen LogP contribution in [0.25, 0.3) is 0 Å². The van der Waals surface area contributed by atoms with E-state index in [-0.39, 0.29) is 4.75 Å². The summed E-state index contributed by atoms with van der Waals surface area (Å²) in [6, 6.07) is 8.62. The lowest BCUT2D eigenvalue weighted by Crippen LogP contribution is -2.50. The first-order valence-electron chi connectivity index (χ1n) is 8.80. The second kappa shape index (κ2) is 8.77. The van der Waals surface area contributed by atoms with E-state index in [9.17, 15) is 0 Å². The largest absolute Gasteiger partial charge is 0.357 e. The Hall–Kier alpha value is -1.20. The summed E-state index contributed by atoms with van der Waals surface area (Å²) in [5, 5.41) is 3.48. The van der Waals surface area contributed by atoms with Crippen molar-refractivity contribution in [2.24, 2.45) is 4.99 Å². The number of guanidine groups is 1. The Balaban J connectivity index is 2.14. The molecule has 1 fully saturated rings. The van der Waals surface area contributed by atoms with Crippen molar-refractivity contribution < 1.29 is 0 Å². The van der Waals surface area contributed by atoms with E-state index in [0.717, 1.165) is 44.4 Å². The van der Waals surface area contributed by atoms with Crippen LogP contribution < -0.4 is 5.32 Å². The summed E-state index contributed by atoms with van der Waals surface area (Å²) in [7, 11) is 4.22. The molecule has 4 nitrogen and oxygen atoms in total. The Kier molecular flexibility index (Phi) is 6.99.